The Balaban J connectivity index is 1.37. The molecule has 0 aliphatic carbocycles. The van der Waals surface area contributed by atoms with Crippen LogP contribution in [-0.2, 0) is 17.6 Å². The number of nitrogens with zero attached hydrogens (tertiary/aromatic N) is 2. The molecule has 2 bridgehead atoms. The molecule has 0 saturated carbocycles. The molecule has 5 rings (SSSR count). The van der Waals surface area contributed by atoms with Gasteiger partial charge in [-0.3, -0.25) is 19.6 Å². The third-order valence-corrected chi connectivity index (χ3v) is 7.37. The van der Waals surface area contributed by atoms with Crippen LogP contribution in [0.15, 0.2) is 35.3 Å². The molecule has 3 saturated heterocycles. The molecule has 1 aromatic carbocycles. The fraction of sp³-hybridized carbons (Fsp3) is 0.565. The molecule has 2 N–H and O–H groups in total. The largest absolute Gasteiger partial charge is 0.342 e. The van der Waals surface area contributed by atoms with Crippen LogP contribution in [0.2, 0.25) is 0 Å². The van der Waals surface area contributed by atoms with Crippen LogP contribution < -0.4 is 5.56 Å². The third-order valence-electron chi connectivity index (χ3n) is 7.37. The summed E-state index contributed by atoms with van der Waals surface area (Å²) in [5.74, 6) is 0.716. The van der Waals surface area contributed by atoms with Crippen molar-refractivity contribution in [2.24, 2.45) is 11.8 Å². The lowest BCUT2D eigenvalue weighted by Gasteiger charge is -2.57. The SMILES string of the molecule is O=C(Cc1c[nH][nH]c1=O)N1C[C@H]2C[C@@H](C1)[C@H](Cc1cccc(F)c1)N1CCCC[C@@H]21. The third kappa shape index (κ3) is 3.71. The minimum atomic E-state index is -0.219. The number of rotatable bonds is 4. The number of carbonyl (C=O) groups excluding carboxylic acids is 1. The molecule has 6 nitrogen and oxygen atoms in total. The number of halogens is 1. The van der Waals surface area contributed by atoms with Crippen molar-refractivity contribution >= 4 is 5.91 Å². The summed E-state index contributed by atoms with van der Waals surface area (Å²) in [5, 5.41) is 5.18. The van der Waals surface area contributed by atoms with Gasteiger partial charge in [-0.15, -0.1) is 0 Å². The maximum absolute atomic E-state index is 13.8. The van der Waals surface area contributed by atoms with E-state index in [1.165, 1.54) is 25.3 Å². The van der Waals surface area contributed by atoms with Gasteiger partial charge in [0.25, 0.3) is 5.56 Å². The first-order valence-corrected chi connectivity index (χ1v) is 11.1. The van der Waals surface area contributed by atoms with Crippen LogP contribution in [0.5, 0.6) is 0 Å². The highest BCUT2D eigenvalue weighted by Gasteiger charge is 2.47. The van der Waals surface area contributed by atoms with Gasteiger partial charge in [-0.1, -0.05) is 18.6 Å². The number of carbonyl (C=O) groups is 1. The molecule has 1 aromatic heterocycles. The van der Waals surface area contributed by atoms with E-state index in [1.54, 1.807) is 18.3 Å². The zero-order valence-electron chi connectivity index (χ0n) is 17.1. The molecule has 3 fully saturated rings. The monoisotopic (exact) mass is 412 g/mol. The van der Waals surface area contributed by atoms with E-state index in [0.29, 0.717) is 29.5 Å². The number of hydrogen-bond acceptors (Lipinski definition) is 3. The number of likely N-dealkylation sites (tertiary alicyclic amines) is 1. The van der Waals surface area contributed by atoms with Gasteiger partial charge in [-0.25, -0.2) is 4.39 Å². The van der Waals surface area contributed by atoms with E-state index in [4.69, 9.17) is 0 Å². The number of amides is 1. The summed E-state index contributed by atoms with van der Waals surface area (Å²) in [5.41, 5.74) is 1.31. The molecule has 3 aliphatic rings. The molecule has 4 atom stereocenters. The van der Waals surface area contributed by atoms with Crippen LogP contribution >= 0.6 is 0 Å². The number of nitrogens with one attached hydrogen (secondary N) is 2. The van der Waals surface area contributed by atoms with Crippen molar-refractivity contribution in [1.82, 2.24) is 20.0 Å². The average molecular weight is 413 g/mol. The molecule has 3 aliphatic heterocycles. The van der Waals surface area contributed by atoms with E-state index in [2.05, 4.69) is 15.1 Å². The number of hydrogen-bond donors (Lipinski definition) is 2. The van der Waals surface area contributed by atoms with Gasteiger partial charge >= 0.3 is 0 Å². The van der Waals surface area contributed by atoms with Crippen molar-refractivity contribution in [3.8, 4) is 0 Å². The van der Waals surface area contributed by atoms with E-state index in [-0.39, 0.29) is 23.7 Å². The van der Waals surface area contributed by atoms with Gasteiger partial charge in [0.1, 0.15) is 5.82 Å². The number of benzene rings is 1. The van der Waals surface area contributed by atoms with Gasteiger partial charge in [0.05, 0.1) is 6.42 Å². The topological polar surface area (TPSA) is 72.2 Å². The van der Waals surface area contributed by atoms with Gasteiger partial charge in [0, 0.05) is 36.9 Å². The first-order valence-electron chi connectivity index (χ1n) is 11.1. The summed E-state index contributed by atoms with van der Waals surface area (Å²) < 4.78 is 13.8. The summed E-state index contributed by atoms with van der Waals surface area (Å²) >= 11 is 0. The van der Waals surface area contributed by atoms with Crippen molar-refractivity contribution in [2.45, 2.75) is 50.6 Å². The van der Waals surface area contributed by atoms with Crippen molar-refractivity contribution in [2.75, 3.05) is 19.6 Å². The Hall–Kier alpha value is -2.41. The molecule has 30 heavy (non-hydrogen) atoms. The molecule has 2 aromatic rings. The normalized spacial score (nSPS) is 28.9. The smallest absolute Gasteiger partial charge is 0.267 e. The number of aromatic amines is 2. The van der Waals surface area contributed by atoms with Crippen molar-refractivity contribution < 1.29 is 9.18 Å². The van der Waals surface area contributed by atoms with Crippen molar-refractivity contribution in [3.63, 3.8) is 0 Å². The molecule has 1 amide bonds. The van der Waals surface area contributed by atoms with Crippen LogP contribution in [0.1, 0.15) is 36.8 Å². The maximum atomic E-state index is 13.8. The van der Waals surface area contributed by atoms with E-state index in [1.807, 2.05) is 11.0 Å². The van der Waals surface area contributed by atoms with Crippen molar-refractivity contribution in [3.05, 3.63) is 57.8 Å². The molecule has 4 heterocycles. The summed E-state index contributed by atoms with van der Waals surface area (Å²) in [6, 6.07) is 7.77. The minimum Gasteiger partial charge on any atom is -0.342 e. The second-order valence-corrected chi connectivity index (χ2v) is 9.20. The molecule has 0 unspecified atom stereocenters. The van der Waals surface area contributed by atoms with E-state index in [0.717, 1.165) is 38.0 Å². The maximum Gasteiger partial charge on any atom is 0.267 e. The van der Waals surface area contributed by atoms with Crippen LogP contribution in [-0.4, -0.2) is 57.6 Å². The van der Waals surface area contributed by atoms with Crippen LogP contribution in [0.4, 0.5) is 4.39 Å². The Kier molecular flexibility index (Phi) is 5.23. The van der Waals surface area contributed by atoms with Gasteiger partial charge in [-0.05, 0) is 61.8 Å². The van der Waals surface area contributed by atoms with Gasteiger partial charge in [0.15, 0.2) is 0 Å². The Morgan fingerprint density at radius 3 is 2.87 bits per heavy atom. The quantitative estimate of drug-likeness (QED) is 0.810. The van der Waals surface area contributed by atoms with E-state index >= 15 is 0 Å². The zero-order chi connectivity index (χ0) is 20.7. The van der Waals surface area contributed by atoms with E-state index < -0.39 is 0 Å². The Morgan fingerprint density at radius 2 is 2.07 bits per heavy atom. The number of fused-ring (bicyclic) bond motifs is 4. The first kappa shape index (κ1) is 19.5. The fourth-order valence-electron chi connectivity index (χ4n) is 6.04. The lowest BCUT2D eigenvalue weighted by molar-refractivity contribution is -0.140. The average Bonchev–Trinajstić information content (AvgIpc) is 3.15. The predicted octanol–water partition coefficient (Wildman–Crippen LogP) is 2.33. The van der Waals surface area contributed by atoms with Crippen LogP contribution in [0.3, 0.4) is 0 Å². The van der Waals surface area contributed by atoms with Crippen molar-refractivity contribution in [1.29, 1.82) is 0 Å². The summed E-state index contributed by atoms with van der Waals surface area (Å²) in [7, 11) is 0. The molecular weight excluding hydrogens is 383 g/mol. The second kappa shape index (κ2) is 8.02. The zero-order valence-corrected chi connectivity index (χ0v) is 17.1. The molecular formula is C23H29FN4O2. The van der Waals surface area contributed by atoms with Crippen LogP contribution in [0.25, 0.3) is 0 Å². The van der Waals surface area contributed by atoms with Gasteiger partial charge in [-0.2, -0.15) is 0 Å². The molecule has 0 radical (unpaired) electrons. The lowest BCUT2D eigenvalue weighted by Crippen LogP contribution is -2.64. The second-order valence-electron chi connectivity index (χ2n) is 9.20. The first-order chi connectivity index (χ1) is 14.6. The number of piperidine rings is 3. The summed E-state index contributed by atoms with van der Waals surface area (Å²) in [4.78, 5) is 29.5. The standard InChI is InChI=1S/C23H29FN4O2/c24-19-5-3-4-15(8-19)9-21-18-10-17(20-6-1-2-7-28(20)21)13-27(14-18)22(29)11-16-12-25-26-23(16)30/h3-5,8,12,17-18,20-21H,1-2,6-7,9-11,13-14H2,(H2,25,26,30)/t17-,18+,20+,21+/m1/s1. The summed E-state index contributed by atoms with van der Waals surface area (Å²) in [6.45, 7) is 2.61. The van der Waals surface area contributed by atoms with Crippen LogP contribution in [0, 0.1) is 17.7 Å². The Labute approximate surface area is 175 Å². The Bertz CT molecular complexity index is 970. The molecule has 160 valence electrons. The fourth-order valence-corrected chi connectivity index (χ4v) is 6.04. The Morgan fingerprint density at radius 1 is 1.20 bits per heavy atom. The molecule has 7 heteroatoms. The highest BCUT2D eigenvalue weighted by Crippen LogP contribution is 2.42. The highest BCUT2D eigenvalue weighted by molar-refractivity contribution is 5.78. The number of aromatic nitrogens is 2. The highest BCUT2D eigenvalue weighted by atomic mass is 19.1. The predicted molar refractivity (Wildman–Crippen MR) is 112 cm³/mol. The van der Waals surface area contributed by atoms with Gasteiger partial charge in [0.2, 0.25) is 5.91 Å². The molecule has 0 spiro atoms. The van der Waals surface area contributed by atoms with E-state index in [9.17, 15) is 14.0 Å². The van der Waals surface area contributed by atoms with Gasteiger partial charge < -0.3 is 10.00 Å². The summed E-state index contributed by atoms with van der Waals surface area (Å²) in [6.07, 6.45) is 7.31. The minimum absolute atomic E-state index is 0.0311. The number of H-pyrrole nitrogens is 2. The lowest BCUT2D eigenvalue weighted by atomic mass is 9.71.